The SMILES string of the molecule is COc1ccc(C#N)c(NCC(C)(C)N)c1. The average molecular weight is 219 g/mol. The van der Waals surface area contributed by atoms with Crippen molar-refractivity contribution >= 4 is 5.69 Å². The number of nitrogens with one attached hydrogen (secondary N) is 1. The Hall–Kier alpha value is -1.73. The zero-order chi connectivity index (χ0) is 12.2. The van der Waals surface area contributed by atoms with Gasteiger partial charge in [-0.2, -0.15) is 5.26 Å². The van der Waals surface area contributed by atoms with Gasteiger partial charge in [0.25, 0.3) is 0 Å². The lowest BCUT2D eigenvalue weighted by Gasteiger charge is -2.20. The third-order valence-electron chi connectivity index (χ3n) is 2.08. The summed E-state index contributed by atoms with van der Waals surface area (Å²) in [5.74, 6) is 0.719. The molecule has 1 aromatic rings. The van der Waals surface area contributed by atoms with E-state index in [1.807, 2.05) is 13.8 Å². The van der Waals surface area contributed by atoms with Crippen molar-refractivity contribution in [3.63, 3.8) is 0 Å². The minimum atomic E-state index is -0.324. The molecule has 0 saturated heterocycles. The van der Waals surface area contributed by atoms with Gasteiger partial charge in [-0.05, 0) is 26.0 Å². The van der Waals surface area contributed by atoms with Crippen LogP contribution in [0.1, 0.15) is 19.4 Å². The van der Waals surface area contributed by atoms with E-state index in [0.717, 1.165) is 11.4 Å². The molecular formula is C12H17N3O. The van der Waals surface area contributed by atoms with Crippen LogP contribution in [0, 0.1) is 11.3 Å². The van der Waals surface area contributed by atoms with Gasteiger partial charge in [-0.25, -0.2) is 0 Å². The molecule has 0 heterocycles. The van der Waals surface area contributed by atoms with Gasteiger partial charge in [-0.3, -0.25) is 0 Å². The number of hydrogen-bond donors (Lipinski definition) is 2. The predicted molar refractivity (Wildman–Crippen MR) is 64.5 cm³/mol. The maximum absolute atomic E-state index is 8.95. The quantitative estimate of drug-likeness (QED) is 0.808. The van der Waals surface area contributed by atoms with Gasteiger partial charge in [-0.1, -0.05) is 0 Å². The summed E-state index contributed by atoms with van der Waals surface area (Å²) in [7, 11) is 1.60. The molecule has 0 aromatic heterocycles. The molecule has 4 nitrogen and oxygen atoms in total. The largest absolute Gasteiger partial charge is 0.497 e. The minimum Gasteiger partial charge on any atom is -0.497 e. The molecule has 86 valence electrons. The van der Waals surface area contributed by atoms with Crippen molar-refractivity contribution < 1.29 is 4.74 Å². The lowest BCUT2D eigenvalue weighted by molar-refractivity contribution is 0.415. The van der Waals surface area contributed by atoms with Gasteiger partial charge in [0.2, 0.25) is 0 Å². The second-order valence-corrected chi connectivity index (χ2v) is 4.37. The van der Waals surface area contributed by atoms with Gasteiger partial charge in [0.15, 0.2) is 0 Å². The molecule has 16 heavy (non-hydrogen) atoms. The molecule has 1 rings (SSSR count). The first-order valence-electron chi connectivity index (χ1n) is 5.07. The average Bonchev–Trinajstić information content (AvgIpc) is 2.25. The summed E-state index contributed by atoms with van der Waals surface area (Å²) in [5, 5.41) is 12.1. The molecule has 0 aliphatic carbocycles. The topological polar surface area (TPSA) is 71.1 Å². The Morgan fingerprint density at radius 2 is 2.19 bits per heavy atom. The molecule has 4 heteroatoms. The Bertz CT molecular complexity index is 402. The van der Waals surface area contributed by atoms with Gasteiger partial charge in [-0.15, -0.1) is 0 Å². The number of nitrogens with two attached hydrogens (primary N) is 1. The number of ether oxygens (including phenoxy) is 1. The summed E-state index contributed by atoms with van der Waals surface area (Å²) < 4.78 is 5.11. The van der Waals surface area contributed by atoms with E-state index in [-0.39, 0.29) is 5.54 Å². The van der Waals surface area contributed by atoms with E-state index in [1.54, 1.807) is 25.3 Å². The van der Waals surface area contributed by atoms with E-state index >= 15 is 0 Å². The van der Waals surface area contributed by atoms with Crippen LogP contribution in [0.2, 0.25) is 0 Å². The molecule has 0 spiro atoms. The summed E-state index contributed by atoms with van der Waals surface area (Å²) >= 11 is 0. The minimum absolute atomic E-state index is 0.324. The van der Waals surface area contributed by atoms with Crippen molar-refractivity contribution in [1.29, 1.82) is 5.26 Å². The number of anilines is 1. The fourth-order valence-electron chi connectivity index (χ4n) is 1.22. The van der Waals surface area contributed by atoms with Crippen LogP contribution in [0.3, 0.4) is 0 Å². The number of nitrogens with zero attached hydrogens (tertiary/aromatic N) is 1. The number of benzene rings is 1. The Labute approximate surface area is 96.0 Å². The monoisotopic (exact) mass is 219 g/mol. The van der Waals surface area contributed by atoms with Crippen LogP contribution in [0.5, 0.6) is 5.75 Å². The van der Waals surface area contributed by atoms with Gasteiger partial charge < -0.3 is 15.8 Å². The van der Waals surface area contributed by atoms with Gasteiger partial charge >= 0.3 is 0 Å². The van der Waals surface area contributed by atoms with E-state index in [4.69, 9.17) is 15.7 Å². The molecule has 0 amide bonds. The van der Waals surface area contributed by atoms with Crippen molar-refractivity contribution in [2.75, 3.05) is 19.0 Å². The third-order valence-corrected chi connectivity index (χ3v) is 2.08. The molecule has 1 aromatic carbocycles. The number of rotatable bonds is 4. The summed E-state index contributed by atoms with van der Waals surface area (Å²) in [6.07, 6.45) is 0. The molecule has 0 bridgehead atoms. The summed E-state index contributed by atoms with van der Waals surface area (Å²) in [6.45, 7) is 4.44. The standard InChI is InChI=1S/C12H17N3O/c1-12(2,14)8-15-11-6-10(16-3)5-4-9(11)7-13/h4-6,15H,8,14H2,1-3H3. The van der Waals surface area contributed by atoms with Crippen molar-refractivity contribution in [2.45, 2.75) is 19.4 Å². The highest BCUT2D eigenvalue weighted by Crippen LogP contribution is 2.22. The molecule has 0 atom stereocenters. The summed E-state index contributed by atoms with van der Waals surface area (Å²) in [5.41, 5.74) is 6.88. The number of hydrogen-bond acceptors (Lipinski definition) is 4. The second kappa shape index (κ2) is 4.86. The lowest BCUT2D eigenvalue weighted by atomic mass is 10.1. The van der Waals surface area contributed by atoms with Crippen LogP contribution >= 0.6 is 0 Å². The van der Waals surface area contributed by atoms with E-state index < -0.39 is 0 Å². The molecular weight excluding hydrogens is 202 g/mol. The normalized spacial score (nSPS) is 10.7. The summed E-state index contributed by atoms with van der Waals surface area (Å²) in [6, 6.07) is 7.41. The van der Waals surface area contributed by atoms with Crippen molar-refractivity contribution in [2.24, 2.45) is 5.73 Å². The molecule has 0 radical (unpaired) electrons. The van der Waals surface area contributed by atoms with E-state index in [2.05, 4.69) is 11.4 Å². The maximum atomic E-state index is 8.95. The van der Waals surface area contributed by atoms with Crippen LogP contribution in [0.15, 0.2) is 18.2 Å². The fraction of sp³-hybridized carbons (Fsp3) is 0.417. The Balaban J connectivity index is 2.89. The highest BCUT2D eigenvalue weighted by atomic mass is 16.5. The lowest BCUT2D eigenvalue weighted by Crippen LogP contribution is -2.39. The van der Waals surface area contributed by atoms with Gasteiger partial charge in [0, 0.05) is 18.2 Å². The second-order valence-electron chi connectivity index (χ2n) is 4.37. The highest BCUT2D eigenvalue weighted by Gasteiger charge is 2.11. The first-order valence-corrected chi connectivity index (χ1v) is 5.07. The van der Waals surface area contributed by atoms with E-state index in [0.29, 0.717) is 12.1 Å². The van der Waals surface area contributed by atoms with Crippen LogP contribution in [0.25, 0.3) is 0 Å². The van der Waals surface area contributed by atoms with Gasteiger partial charge in [0.05, 0.1) is 18.4 Å². The van der Waals surface area contributed by atoms with Crippen molar-refractivity contribution in [3.8, 4) is 11.8 Å². The van der Waals surface area contributed by atoms with E-state index in [9.17, 15) is 0 Å². The molecule has 0 aliphatic rings. The molecule has 0 unspecified atom stereocenters. The van der Waals surface area contributed by atoms with Crippen LogP contribution < -0.4 is 15.8 Å². The van der Waals surface area contributed by atoms with Crippen LogP contribution in [-0.4, -0.2) is 19.2 Å². The number of nitriles is 1. The molecule has 0 fully saturated rings. The van der Waals surface area contributed by atoms with Crippen LogP contribution in [-0.2, 0) is 0 Å². The Kier molecular flexibility index (Phi) is 3.75. The van der Waals surface area contributed by atoms with Gasteiger partial charge in [0.1, 0.15) is 11.8 Å². The highest BCUT2D eigenvalue weighted by molar-refractivity contribution is 5.60. The summed E-state index contributed by atoms with van der Waals surface area (Å²) in [4.78, 5) is 0. The molecule has 0 aliphatic heterocycles. The van der Waals surface area contributed by atoms with E-state index in [1.165, 1.54) is 0 Å². The third kappa shape index (κ3) is 3.44. The maximum Gasteiger partial charge on any atom is 0.121 e. The first-order chi connectivity index (χ1) is 7.46. The van der Waals surface area contributed by atoms with Crippen molar-refractivity contribution in [1.82, 2.24) is 0 Å². The van der Waals surface area contributed by atoms with Crippen LogP contribution in [0.4, 0.5) is 5.69 Å². The Morgan fingerprint density at radius 1 is 1.50 bits per heavy atom. The zero-order valence-corrected chi connectivity index (χ0v) is 9.87. The molecule has 3 N–H and O–H groups in total. The van der Waals surface area contributed by atoms with Crippen molar-refractivity contribution in [3.05, 3.63) is 23.8 Å². The molecule has 0 saturated carbocycles. The smallest absolute Gasteiger partial charge is 0.121 e. The predicted octanol–water partition coefficient (Wildman–Crippen LogP) is 1.72. The fourth-order valence-corrected chi connectivity index (χ4v) is 1.22. The first kappa shape index (κ1) is 12.3. The Morgan fingerprint density at radius 3 is 2.69 bits per heavy atom. The zero-order valence-electron chi connectivity index (χ0n) is 9.87. The number of methoxy groups -OCH3 is 1.